The Morgan fingerprint density at radius 2 is 1.84 bits per heavy atom. The minimum Gasteiger partial charge on any atom is -0.393 e. The third-order valence-electron chi connectivity index (χ3n) is 10.1. The molecule has 1 aromatic rings. The van der Waals surface area contributed by atoms with Gasteiger partial charge >= 0.3 is 0 Å². The first kappa shape index (κ1) is 18.2. The average Bonchev–Trinajstić information content (AvgIpc) is 3.17. The highest BCUT2D eigenvalue weighted by Crippen LogP contribution is 2.67. The molecule has 176 valence electrons. The minimum atomic E-state index is -2.58. The van der Waals surface area contributed by atoms with Crippen LogP contribution in [0.3, 0.4) is 0 Å². The number of benzene rings is 1. The van der Waals surface area contributed by atoms with Gasteiger partial charge in [0.05, 0.1) is 11.7 Å². The van der Waals surface area contributed by atoms with Gasteiger partial charge in [-0.05, 0) is 123 Å². The van der Waals surface area contributed by atoms with Crippen LogP contribution < -0.4 is 0 Å². The number of aryl methyl sites for hydroxylation is 1. The van der Waals surface area contributed by atoms with Gasteiger partial charge in [0.1, 0.15) is 5.82 Å². The highest BCUT2D eigenvalue weighted by Gasteiger charge is 2.61. The Bertz CT molecular complexity index is 1040. The van der Waals surface area contributed by atoms with Crippen LogP contribution in [-0.4, -0.2) is 21.9 Å². The first-order valence-corrected chi connectivity index (χ1v) is 12.5. The van der Waals surface area contributed by atoms with Gasteiger partial charge in [-0.1, -0.05) is 37.6 Å². The standard InChI is InChI=1S/C29H41FO2/c1-27-15-13-22(31)18-20(27)6-9-23-24-10-11-26(28(24,2)16-14-25(23)27)29(3,32)17-12-19-4-7-21(30)8-5-19/h4-8,22-26,31-32H,9-18H2,1-3H3/t22-,23-,24-,25-,26-,27-,28-,29+/m0/s1/i12D2,17D2. The molecule has 3 heteroatoms. The van der Waals surface area contributed by atoms with Gasteiger partial charge < -0.3 is 10.2 Å². The molecule has 0 radical (unpaired) electrons. The van der Waals surface area contributed by atoms with E-state index >= 15 is 0 Å². The summed E-state index contributed by atoms with van der Waals surface area (Å²) in [7, 11) is 0. The predicted molar refractivity (Wildman–Crippen MR) is 127 cm³/mol. The van der Waals surface area contributed by atoms with Gasteiger partial charge in [0.15, 0.2) is 0 Å². The van der Waals surface area contributed by atoms with Crippen molar-refractivity contribution in [3.63, 3.8) is 0 Å². The lowest BCUT2D eigenvalue weighted by molar-refractivity contribution is -0.104. The molecule has 0 heterocycles. The Morgan fingerprint density at radius 1 is 1.09 bits per heavy atom. The van der Waals surface area contributed by atoms with E-state index < -0.39 is 24.2 Å². The SMILES string of the molecule is [2H]C([2H])(c1ccc(F)cc1)C([2H])([2H])[C@@](C)(O)[C@H]1CC[C@H]2[C@@H]3CC=C4C[C@@H](O)CC[C@]4(C)[C@H]3CC[C@@]21C. The molecule has 1 aromatic carbocycles. The largest absolute Gasteiger partial charge is 0.393 e. The van der Waals surface area contributed by atoms with Gasteiger partial charge in [-0.3, -0.25) is 0 Å². The zero-order chi connectivity index (χ0) is 26.3. The number of fused-ring (bicyclic) bond motifs is 5. The minimum absolute atomic E-state index is 0.0370. The fourth-order valence-electron chi connectivity index (χ4n) is 8.38. The zero-order valence-electron chi connectivity index (χ0n) is 23.7. The maximum Gasteiger partial charge on any atom is 0.123 e. The van der Waals surface area contributed by atoms with Crippen LogP contribution >= 0.6 is 0 Å². The summed E-state index contributed by atoms with van der Waals surface area (Å²) < 4.78 is 48.8. The molecular formula is C29H41FO2. The quantitative estimate of drug-likeness (QED) is 0.524. The van der Waals surface area contributed by atoms with Crippen molar-refractivity contribution in [1.82, 2.24) is 0 Å². The fraction of sp³-hybridized carbons (Fsp3) is 0.724. The molecule has 0 aromatic heterocycles. The van der Waals surface area contributed by atoms with Gasteiger partial charge in [-0.15, -0.1) is 0 Å². The van der Waals surface area contributed by atoms with Crippen LogP contribution in [0.15, 0.2) is 35.9 Å². The molecule has 4 aliphatic carbocycles. The van der Waals surface area contributed by atoms with E-state index in [1.54, 1.807) is 0 Å². The summed E-state index contributed by atoms with van der Waals surface area (Å²) in [5, 5.41) is 22.2. The molecule has 0 bridgehead atoms. The smallest absolute Gasteiger partial charge is 0.123 e. The third-order valence-corrected chi connectivity index (χ3v) is 10.1. The van der Waals surface area contributed by atoms with E-state index in [4.69, 9.17) is 5.48 Å². The summed E-state index contributed by atoms with van der Waals surface area (Å²) in [5.41, 5.74) is -0.632. The van der Waals surface area contributed by atoms with Crippen molar-refractivity contribution in [2.75, 3.05) is 0 Å². The van der Waals surface area contributed by atoms with E-state index in [-0.39, 0.29) is 28.4 Å². The maximum atomic E-state index is 13.5. The Hall–Kier alpha value is -1.19. The normalized spacial score (nSPS) is 45.7. The molecule has 0 saturated heterocycles. The average molecular weight is 445 g/mol. The molecule has 0 unspecified atom stereocenters. The second-order valence-electron chi connectivity index (χ2n) is 11.7. The number of aliphatic hydroxyl groups excluding tert-OH is 1. The van der Waals surface area contributed by atoms with E-state index in [0.717, 1.165) is 57.1 Å². The summed E-state index contributed by atoms with van der Waals surface area (Å²) in [4.78, 5) is 0. The number of hydrogen-bond donors (Lipinski definition) is 2. The lowest BCUT2D eigenvalue weighted by Gasteiger charge is -2.59. The Balaban J connectivity index is 1.45. The van der Waals surface area contributed by atoms with E-state index in [1.165, 1.54) is 24.6 Å². The monoisotopic (exact) mass is 444 g/mol. The first-order chi connectivity index (χ1) is 16.7. The summed E-state index contributed by atoms with van der Waals surface area (Å²) in [6.45, 7) is 6.07. The van der Waals surface area contributed by atoms with Gasteiger partial charge in [0.2, 0.25) is 0 Å². The highest BCUT2D eigenvalue weighted by atomic mass is 19.1. The number of hydrogen-bond acceptors (Lipinski definition) is 2. The number of halogens is 1. The Kier molecular flexibility index (Phi) is 4.51. The van der Waals surface area contributed by atoms with Crippen LogP contribution in [0.5, 0.6) is 0 Å². The van der Waals surface area contributed by atoms with Crippen LogP contribution in [0.1, 0.15) is 89.6 Å². The number of allylic oxidation sites excluding steroid dienone is 1. The van der Waals surface area contributed by atoms with Crippen molar-refractivity contribution >= 4 is 0 Å². The summed E-state index contributed by atoms with van der Waals surface area (Å²) >= 11 is 0. The lowest BCUT2D eigenvalue weighted by Crippen LogP contribution is -2.53. The van der Waals surface area contributed by atoms with E-state index in [2.05, 4.69) is 19.9 Å². The van der Waals surface area contributed by atoms with Crippen LogP contribution in [-0.2, 0) is 6.37 Å². The fourth-order valence-corrected chi connectivity index (χ4v) is 8.38. The Morgan fingerprint density at radius 3 is 2.59 bits per heavy atom. The molecular weight excluding hydrogens is 399 g/mol. The molecule has 4 aliphatic rings. The molecule has 3 saturated carbocycles. The van der Waals surface area contributed by atoms with Crippen LogP contribution in [0, 0.1) is 40.3 Å². The molecule has 0 amide bonds. The molecule has 2 nitrogen and oxygen atoms in total. The van der Waals surface area contributed by atoms with Crippen LogP contribution in [0.25, 0.3) is 0 Å². The molecule has 5 rings (SSSR count). The molecule has 32 heavy (non-hydrogen) atoms. The zero-order valence-corrected chi connectivity index (χ0v) is 19.7. The molecule has 2 N–H and O–H groups in total. The summed E-state index contributed by atoms with van der Waals surface area (Å²) in [6.07, 6.45) is 4.14. The van der Waals surface area contributed by atoms with Crippen molar-refractivity contribution in [3.8, 4) is 0 Å². The van der Waals surface area contributed by atoms with E-state index in [0.29, 0.717) is 24.2 Å². The van der Waals surface area contributed by atoms with Crippen LogP contribution in [0.4, 0.5) is 4.39 Å². The van der Waals surface area contributed by atoms with E-state index in [1.807, 2.05) is 0 Å². The van der Waals surface area contributed by atoms with Crippen LogP contribution in [0.2, 0.25) is 0 Å². The van der Waals surface area contributed by atoms with E-state index in [9.17, 15) is 14.6 Å². The second-order valence-corrected chi connectivity index (χ2v) is 11.7. The van der Waals surface area contributed by atoms with Crippen molar-refractivity contribution in [2.45, 2.75) is 96.6 Å². The first-order valence-electron chi connectivity index (χ1n) is 14.5. The highest BCUT2D eigenvalue weighted by molar-refractivity contribution is 5.26. The summed E-state index contributed by atoms with van der Waals surface area (Å²) in [6, 6.07) is 4.84. The molecule has 8 atom stereocenters. The number of aliphatic hydroxyl groups is 2. The number of rotatable bonds is 4. The predicted octanol–water partition coefficient (Wildman–Crippen LogP) is 6.45. The lowest BCUT2D eigenvalue weighted by atomic mass is 9.46. The van der Waals surface area contributed by atoms with Crippen molar-refractivity contribution in [1.29, 1.82) is 0 Å². The third kappa shape index (κ3) is 3.59. The molecule has 0 aliphatic heterocycles. The van der Waals surface area contributed by atoms with Crippen molar-refractivity contribution in [3.05, 3.63) is 47.3 Å². The van der Waals surface area contributed by atoms with Gasteiger partial charge in [-0.2, -0.15) is 0 Å². The molecule has 0 spiro atoms. The summed E-state index contributed by atoms with van der Waals surface area (Å²) in [5.74, 6) is 0.465. The maximum absolute atomic E-state index is 13.5. The van der Waals surface area contributed by atoms with Crippen molar-refractivity contribution in [2.24, 2.45) is 34.5 Å². The molecule has 3 fully saturated rings. The topological polar surface area (TPSA) is 40.5 Å². The second kappa shape index (κ2) is 7.94. The van der Waals surface area contributed by atoms with Gasteiger partial charge in [0, 0.05) is 5.48 Å². The Labute approximate surface area is 198 Å². The van der Waals surface area contributed by atoms with Gasteiger partial charge in [0.25, 0.3) is 0 Å². The van der Waals surface area contributed by atoms with Gasteiger partial charge in [-0.25, -0.2) is 4.39 Å². The van der Waals surface area contributed by atoms with Crippen molar-refractivity contribution < 1.29 is 20.1 Å².